The molecule has 5 heteroatoms. The van der Waals surface area contributed by atoms with E-state index in [9.17, 15) is 4.79 Å². The average molecular weight is 279 g/mol. The minimum atomic E-state index is -0.674. The quantitative estimate of drug-likeness (QED) is 0.794. The van der Waals surface area contributed by atoms with Crippen LogP contribution in [-0.4, -0.2) is 38.4 Å². The van der Waals surface area contributed by atoms with Crippen molar-refractivity contribution in [3.05, 3.63) is 29.8 Å². The summed E-state index contributed by atoms with van der Waals surface area (Å²) in [6.45, 7) is 1.34. The van der Waals surface area contributed by atoms with Crippen molar-refractivity contribution >= 4 is 5.97 Å². The molecule has 0 bridgehead atoms. The Hall–Kier alpha value is -1.59. The van der Waals surface area contributed by atoms with Crippen LogP contribution in [0.5, 0.6) is 5.75 Å². The molecule has 1 aliphatic rings. The normalized spacial score (nSPS) is 19.6. The minimum Gasteiger partial charge on any atom is -0.491 e. The van der Waals surface area contributed by atoms with Crippen LogP contribution in [0.15, 0.2) is 24.3 Å². The molecule has 2 rings (SSSR count). The molecule has 110 valence electrons. The lowest BCUT2D eigenvalue weighted by Crippen LogP contribution is -2.33. The van der Waals surface area contributed by atoms with Crippen molar-refractivity contribution in [1.29, 1.82) is 0 Å². The van der Waals surface area contributed by atoms with Crippen LogP contribution in [-0.2, 0) is 20.7 Å². The Morgan fingerprint density at radius 3 is 3.00 bits per heavy atom. The molecule has 2 unspecified atom stereocenters. The van der Waals surface area contributed by atoms with E-state index in [2.05, 4.69) is 4.74 Å². The number of carbonyl (C=O) groups excluding carboxylic acids is 1. The topological polar surface area (TPSA) is 70.8 Å². The van der Waals surface area contributed by atoms with E-state index in [0.29, 0.717) is 13.0 Å². The van der Waals surface area contributed by atoms with E-state index in [1.807, 2.05) is 24.3 Å². The van der Waals surface area contributed by atoms with Crippen molar-refractivity contribution in [2.45, 2.75) is 31.4 Å². The van der Waals surface area contributed by atoms with E-state index in [0.717, 1.165) is 30.8 Å². The molecule has 1 heterocycles. The lowest BCUT2D eigenvalue weighted by molar-refractivity contribution is -0.142. The molecular formula is C15H21NO4. The van der Waals surface area contributed by atoms with Gasteiger partial charge in [-0.05, 0) is 24.5 Å². The molecule has 2 atom stereocenters. The Kier molecular flexibility index (Phi) is 5.38. The highest BCUT2D eigenvalue weighted by molar-refractivity contribution is 5.75. The molecule has 0 spiro atoms. The summed E-state index contributed by atoms with van der Waals surface area (Å²) in [4.78, 5) is 11.4. The molecule has 5 nitrogen and oxygen atoms in total. The van der Waals surface area contributed by atoms with E-state index in [-0.39, 0.29) is 6.10 Å². The largest absolute Gasteiger partial charge is 0.491 e. The highest BCUT2D eigenvalue weighted by Crippen LogP contribution is 2.21. The monoisotopic (exact) mass is 279 g/mol. The van der Waals surface area contributed by atoms with Crippen molar-refractivity contribution in [3.63, 3.8) is 0 Å². The Morgan fingerprint density at radius 2 is 2.30 bits per heavy atom. The highest BCUT2D eigenvalue weighted by Gasteiger charge is 2.19. The molecule has 0 saturated carbocycles. The van der Waals surface area contributed by atoms with Crippen LogP contribution in [0.3, 0.4) is 0 Å². The van der Waals surface area contributed by atoms with Gasteiger partial charge in [0.1, 0.15) is 18.4 Å². The Balaban J connectivity index is 1.96. The number of hydrogen-bond donors (Lipinski definition) is 1. The second-order valence-corrected chi connectivity index (χ2v) is 4.89. The molecule has 0 aromatic heterocycles. The van der Waals surface area contributed by atoms with Crippen molar-refractivity contribution in [2.75, 3.05) is 20.3 Å². The molecule has 1 aromatic rings. The van der Waals surface area contributed by atoms with E-state index in [4.69, 9.17) is 15.2 Å². The maximum atomic E-state index is 11.4. The number of ether oxygens (including phenoxy) is 3. The predicted molar refractivity (Wildman–Crippen MR) is 74.6 cm³/mol. The van der Waals surface area contributed by atoms with Crippen LogP contribution in [0.2, 0.25) is 0 Å². The van der Waals surface area contributed by atoms with Gasteiger partial charge in [0, 0.05) is 13.0 Å². The third kappa shape index (κ3) is 3.95. The molecule has 1 saturated heterocycles. The van der Waals surface area contributed by atoms with Crippen LogP contribution in [0.4, 0.5) is 0 Å². The maximum absolute atomic E-state index is 11.4. The molecule has 2 N–H and O–H groups in total. The van der Waals surface area contributed by atoms with Gasteiger partial charge in [-0.1, -0.05) is 18.2 Å². The fraction of sp³-hybridized carbons (Fsp3) is 0.533. The summed E-state index contributed by atoms with van der Waals surface area (Å²) in [5, 5.41) is 0. The van der Waals surface area contributed by atoms with Crippen LogP contribution >= 0.6 is 0 Å². The average Bonchev–Trinajstić information content (AvgIpc) is 2.98. The molecule has 1 aromatic carbocycles. The summed E-state index contributed by atoms with van der Waals surface area (Å²) in [6.07, 6.45) is 2.68. The zero-order valence-electron chi connectivity index (χ0n) is 11.7. The molecule has 0 radical (unpaired) electrons. The number of carbonyl (C=O) groups is 1. The van der Waals surface area contributed by atoms with Gasteiger partial charge in [0.15, 0.2) is 0 Å². The number of rotatable bonds is 6. The fourth-order valence-electron chi connectivity index (χ4n) is 2.24. The summed E-state index contributed by atoms with van der Waals surface area (Å²) < 4.78 is 16.0. The molecule has 20 heavy (non-hydrogen) atoms. The van der Waals surface area contributed by atoms with E-state index >= 15 is 0 Å². The molecule has 1 aliphatic heterocycles. The lowest BCUT2D eigenvalue weighted by Gasteiger charge is -2.16. The van der Waals surface area contributed by atoms with E-state index in [1.54, 1.807) is 0 Å². The fourth-order valence-corrected chi connectivity index (χ4v) is 2.24. The smallest absolute Gasteiger partial charge is 0.322 e. The maximum Gasteiger partial charge on any atom is 0.322 e. The van der Waals surface area contributed by atoms with Gasteiger partial charge in [-0.2, -0.15) is 0 Å². The van der Waals surface area contributed by atoms with Crippen LogP contribution in [0, 0.1) is 0 Å². The lowest BCUT2D eigenvalue weighted by atomic mass is 10.1. The van der Waals surface area contributed by atoms with Gasteiger partial charge in [0.25, 0.3) is 0 Å². The van der Waals surface area contributed by atoms with Crippen LogP contribution in [0.25, 0.3) is 0 Å². The molecule has 1 fully saturated rings. The number of esters is 1. The van der Waals surface area contributed by atoms with Crippen molar-refractivity contribution in [1.82, 2.24) is 0 Å². The first-order chi connectivity index (χ1) is 9.70. The second kappa shape index (κ2) is 7.26. The number of methoxy groups -OCH3 is 1. The summed E-state index contributed by atoms with van der Waals surface area (Å²) in [6, 6.07) is 6.92. The second-order valence-electron chi connectivity index (χ2n) is 4.89. The molecular weight excluding hydrogens is 258 g/mol. The minimum absolute atomic E-state index is 0.164. The third-order valence-electron chi connectivity index (χ3n) is 3.37. The van der Waals surface area contributed by atoms with Gasteiger partial charge in [-0.15, -0.1) is 0 Å². The molecule has 0 amide bonds. The SMILES string of the molecule is COC(=O)C(N)Cc1ccccc1OCC1CCCO1. The van der Waals surface area contributed by atoms with Gasteiger partial charge < -0.3 is 19.9 Å². The summed E-state index contributed by atoms with van der Waals surface area (Å²) in [7, 11) is 1.34. The zero-order chi connectivity index (χ0) is 14.4. The first kappa shape index (κ1) is 14.8. The van der Waals surface area contributed by atoms with Crippen molar-refractivity contribution in [2.24, 2.45) is 5.73 Å². The van der Waals surface area contributed by atoms with Gasteiger partial charge in [-0.25, -0.2) is 0 Å². The predicted octanol–water partition coefficient (Wildman–Crippen LogP) is 1.29. The van der Waals surface area contributed by atoms with Gasteiger partial charge in [0.05, 0.1) is 13.2 Å². The van der Waals surface area contributed by atoms with Crippen LogP contribution < -0.4 is 10.5 Å². The summed E-state index contributed by atoms with van der Waals surface area (Å²) >= 11 is 0. The van der Waals surface area contributed by atoms with E-state index in [1.165, 1.54) is 7.11 Å². The zero-order valence-corrected chi connectivity index (χ0v) is 11.7. The van der Waals surface area contributed by atoms with E-state index < -0.39 is 12.0 Å². The number of hydrogen-bond acceptors (Lipinski definition) is 5. The van der Waals surface area contributed by atoms with Crippen molar-refractivity contribution < 1.29 is 19.0 Å². The number of para-hydroxylation sites is 1. The van der Waals surface area contributed by atoms with Gasteiger partial charge >= 0.3 is 5.97 Å². The number of benzene rings is 1. The first-order valence-corrected chi connectivity index (χ1v) is 6.86. The Bertz CT molecular complexity index is 443. The van der Waals surface area contributed by atoms with Gasteiger partial charge in [-0.3, -0.25) is 4.79 Å². The highest BCUT2D eigenvalue weighted by atomic mass is 16.5. The Morgan fingerprint density at radius 1 is 1.50 bits per heavy atom. The summed E-state index contributed by atoms with van der Waals surface area (Å²) in [5.74, 6) is 0.335. The standard InChI is InChI=1S/C15H21NO4/c1-18-15(17)13(16)9-11-5-2-3-7-14(11)20-10-12-6-4-8-19-12/h2-3,5,7,12-13H,4,6,8-10,16H2,1H3. The summed E-state index contributed by atoms with van der Waals surface area (Å²) in [5.41, 5.74) is 6.70. The molecule has 0 aliphatic carbocycles. The Labute approximate surface area is 119 Å². The van der Waals surface area contributed by atoms with Crippen molar-refractivity contribution in [3.8, 4) is 5.75 Å². The van der Waals surface area contributed by atoms with Gasteiger partial charge in [0.2, 0.25) is 0 Å². The first-order valence-electron chi connectivity index (χ1n) is 6.86. The van der Waals surface area contributed by atoms with Crippen LogP contribution in [0.1, 0.15) is 18.4 Å². The number of nitrogens with two attached hydrogens (primary N) is 1. The third-order valence-corrected chi connectivity index (χ3v) is 3.37.